The van der Waals surface area contributed by atoms with Gasteiger partial charge in [-0.25, -0.2) is 8.42 Å². The van der Waals surface area contributed by atoms with Crippen LogP contribution >= 0.6 is 0 Å². The Labute approximate surface area is 126 Å². The molecule has 114 valence electrons. The minimum Gasteiger partial charge on any atom is -0.472 e. The standard InChI is InChI=1S/C16H21NO3S/c1-3-8-17-16(10-13-7-9-20-12-13)14-5-4-6-15(11-14)21(2,18)19/h4-7,9,11-12,16-17H,3,8,10H2,1-2H3. The second-order valence-electron chi connectivity index (χ2n) is 5.19. The minimum atomic E-state index is -3.19. The lowest BCUT2D eigenvalue weighted by molar-refractivity contribution is 0.519. The van der Waals surface area contributed by atoms with Crippen molar-refractivity contribution >= 4 is 9.84 Å². The Bertz CT molecular complexity index is 663. The summed E-state index contributed by atoms with van der Waals surface area (Å²) >= 11 is 0. The van der Waals surface area contributed by atoms with Crippen molar-refractivity contribution in [3.63, 3.8) is 0 Å². The van der Waals surface area contributed by atoms with E-state index in [0.717, 1.165) is 30.5 Å². The Morgan fingerprint density at radius 2 is 2.10 bits per heavy atom. The number of rotatable bonds is 7. The molecule has 0 radical (unpaired) electrons. The molecule has 4 nitrogen and oxygen atoms in total. The van der Waals surface area contributed by atoms with E-state index in [0.29, 0.717) is 4.90 Å². The van der Waals surface area contributed by atoms with Crippen LogP contribution in [0, 0.1) is 0 Å². The smallest absolute Gasteiger partial charge is 0.175 e. The van der Waals surface area contributed by atoms with E-state index in [1.165, 1.54) is 6.26 Å². The van der Waals surface area contributed by atoms with Crippen LogP contribution < -0.4 is 5.32 Å². The Balaban J connectivity index is 2.27. The van der Waals surface area contributed by atoms with Crippen LogP contribution in [0.1, 0.15) is 30.5 Å². The Morgan fingerprint density at radius 1 is 1.29 bits per heavy atom. The molecule has 1 aromatic heterocycles. The molecule has 0 saturated heterocycles. The fourth-order valence-electron chi connectivity index (χ4n) is 2.23. The normalized spacial score (nSPS) is 13.2. The Hall–Kier alpha value is -1.59. The van der Waals surface area contributed by atoms with Crippen molar-refractivity contribution in [2.75, 3.05) is 12.8 Å². The molecule has 2 aromatic rings. The highest BCUT2D eigenvalue weighted by molar-refractivity contribution is 7.90. The monoisotopic (exact) mass is 307 g/mol. The van der Waals surface area contributed by atoms with Crippen LogP contribution in [0.5, 0.6) is 0 Å². The quantitative estimate of drug-likeness (QED) is 0.854. The molecule has 0 aliphatic carbocycles. The maximum absolute atomic E-state index is 11.7. The summed E-state index contributed by atoms with van der Waals surface area (Å²) in [6.45, 7) is 2.99. The second kappa shape index (κ2) is 6.91. The Kier molecular flexibility index (Phi) is 5.20. The summed E-state index contributed by atoms with van der Waals surface area (Å²) in [4.78, 5) is 0.357. The van der Waals surface area contributed by atoms with Crippen LogP contribution in [0.2, 0.25) is 0 Å². The Morgan fingerprint density at radius 3 is 2.71 bits per heavy atom. The molecule has 0 spiro atoms. The molecule has 0 aliphatic heterocycles. The van der Waals surface area contributed by atoms with Gasteiger partial charge in [0, 0.05) is 12.3 Å². The van der Waals surface area contributed by atoms with E-state index in [1.54, 1.807) is 30.7 Å². The highest BCUT2D eigenvalue weighted by Gasteiger charge is 2.15. The first-order valence-electron chi connectivity index (χ1n) is 7.05. The lowest BCUT2D eigenvalue weighted by Crippen LogP contribution is -2.24. The van der Waals surface area contributed by atoms with Crippen molar-refractivity contribution in [3.8, 4) is 0 Å². The highest BCUT2D eigenvalue weighted by atomic mass is 32.2. The average molecular weight is 307 g/mol. The van der Waals surface area contributed by atoms with Crippen LogP contribution in [0.25, 0.3) is 0 Å². The molecular weight excluding hydrogens is 286 g/mol. The minimum absolute atomic E-state index is 0.0734. The van der Waals surface area contributed by atoms with E-state index in [9.17, 15) is 8.42 Å². The predicted octanol–water partition coefficient (Wildman–Crippen LogP) is 2.97. The SMILES string of the molecule is CCCNC(Cc1ccoc1)c1cccc(S(C)(=O)=O)c1. The van der Waals surface area contributed by atoms with E-state index in [1.807, 2.05) is 12.1 Å². The summed E-state index contributed by atoms with van der Waals surface area (Å²) < 4.78 is 28.5. The van der Waals surface area contributed by atoms with Gasteiger partial charge in [-0.2, -0.15) is 0 Å². The third-order valence-corrected chi connectivity index (χ3v) is 4.46. The second-order valence-corrected chi connectivity index (χ2v) is 7.20. The average Bonchev–Trinajstić information content (AvgIpc) is 2.95. The third kappa shape index (κ3) is 4.44. The molecule has 0 amide bonds. The fourth-order valence-corrected chi connectivity index (χ4v) is 2.91. The zero-order valence-corrected chi connectivity index (χ0v) is 13.2. The molecule has 0 aliphatic rings. The van der Waals surface area contributed by atoms with Gasteiger partial charge in [0.2, 0.25) is 0 Å². The lowest BCUT2D eigenvalue weighted by atomic mass is 10.0. The molecule has 5 heteroatoms. The lowest BCUT2D eigenvalue weighted by Gasteiger charge is -2.19. The molecule has 1 unspecified atom stereocenters. The molecule has 0 bridgehead atoms. The predicted molar refractivity (Wildman–Crippen MR) is 83.0 cm³/mol. The van der Waals surface area contributed by atoms with Gasteiger partial charge in [-0.15, -0.1) is 0 Å². The highest BCUT2D eigenvalue weighted by Crippen LogP contribution is 2.22. The van der Waals surface area contributed by atoms with Crippen molar-refractivity contribution in [2.45, 2.75) is 30.7 Å². The first kappa shape index (κ1) is 15.8. The number of hydrogen-bond acceptors (Lipinski definition) is 4. The first-order valence-corrected chi connectivity index (χ1v) is 8.94. The number of furan rings is 1. The van der Waals surface area contributed by atoms with Gasteiger partial charge in [0.15, 0.2) is 9.84 Å². The molecule has 21 heavy (non-hydrogen) atoms. The van der Waals surface area contributed by atoms with Crippen molar-refractivity contribution in [2.24, 2.45) is 0 Å². The summed E-state index contributed by atoms with van der Waals surface area (Å²) in [5.41, 5.74) is 2.07. The van der Waals surface area contributed by atoms with Crippen LogP contribution in [-0.4, -0.2) is 21.2 Å². The maximum Gasteiger partial charge on any atom is 0.175 e. The van der Waals surface area contributed by atoms with Crippen LogP contribution in [0.3, 0.4) is 0 Å². The number of sulfone groups is 1. The first-order chi connectivity index (χ1) is 10.0. The van der Waals surface area contributed by atoms with Crippen LogP contribution in [-0.2, 0) is 16.3 Å². The summed E-state index contributed by atoms with van der Waals surface area (Å²) in [5, 5.41) is 3.47. The van der Waals surface area contributed by atoms with Gasteiger partial charge in [0.05, 0.1) is 17.4 Å². The summed E-state index contributed by atoms with van der Waals surface area (Å²) in [7, 11) is -3.19. The van der Waals surface area contributed by atoms with E-state index >= 15 is 0 Å². The maximum atomic E-state index is 11.7. The van der Waals surface area contributed by atoms with Gasteiger partial charge in [-0.3, -0.25) is 0 Å². The summed E-state index contributed by atoms with van der Waals surface area (Å²) in [6, 6.07) is 9.14. The van der Waals surface area contributed by atoms with Crippen molar-refractivity contribution in [1.29, 1.82) is 0 Å². The van der Waals surface area contributed by atoms with Crippen molar-refractivity contribution in [1.82, 2.24) is 5.32 Å². The molecule has 1 heterocycles. The van der Waals surface area contributed by atoms with E-state index in [2.05, 4.69) is 12.2 Å². The number of nitrogens with one attached hydrogen (secondary N) is 1. The van der Waals surface area contributed by atoms with E-state index < -0.39 is 9.84 Å². The third-order valence-electron chi connectivity index (χ3n) is 3.35. The zero-order valence-electron chi connectivity index (χ0n) is 12.4. The van der Waals surface area contributed by atoms with E-state index in [4.69, 9.17) is 4.42 Å². The molecule has 2 rings (SSSR count). The van der Waals surface area contributed by atoms with Crippen molar-refractivity contribution < 1.29 is 12.8 Å². The van der Waals surface area contributed by atoms with Crippen molar-refractivity contribution in [3.05, 3.63) is 54.0 Å². The van der Waals surface area contributed by atoms with Gasteiger partial charge in [0.25, 0.3) is 0 Å². The molecule has 1 atom stereocenters. The number of benzene rings is 1. The van der Waals surface area contributed by atoms with Gasteiger partial charge in [-0.1, -0.05) is 19.1 Å². The van der Waals surface area contributed by atoms with Gasteiger partial charge >= 0.3 is 0 Å². The van der Waals surface area contributed by atoms with Gasteiger partial charge < -0.3 is 9.73 Å². The molecular formula is C16H21NO3S. The molecule has 1 aromatic carbocycles. The van der Waals surface area contributed by atoms with Crippen LogP contribution in [0.15, 0.2) is 52.2 Å². The van der Waals surface area contributed by atoms with E-state index in [-0.39, 0.29) is 6.04 Å². The number of hydrogen-bond donors (Lipinski definition) is 1. The van der Waals surface area contributed by atoms with Gasteiger partial charge in [0.1, 0.15) is 0 Å². The molecule has 0 saturated carbocycles. The zero-order chi connectivity index (χ0) is 15.3. The molecule has 1 N–H and O–H groups in total. The summed E-state index contributed by atoms with van der Waals surface area (Å²) in [6.07, 6.45) is 6.40. The largest absolute Gasteiger partial charge is 0.472 e. The molecule has 0 fully saturated rings. The summed E-state index contributed by atoms with van der Waals surface area (Å²) in [5.74, 6) is 0. The van der Waals surface area contributed by atoms with Crippen LogP contribution in [0.4, 0.5) is 0 Å². The topological polar surface area (TPSA) is 59.3 Å². The van der Waals surface area contributed by atoms with Gasteiger partial charge in [-0.05, 0) is 48.7 Å². The fraction of sp³-hybridized carbons (Fsp3) is 0.375.